The molecule has 286 valence electrons. The van der Waals surface area contributed by atoms with Gasteiger partial charge < -0.3 is 24.8 Å². The van der Waals surface area contributed by atoms with E-state index in [2.05, 4.69) is 31.5 Å². The van der Waals surface area contributed by atoms with Crippen molar-refractivity contribution in [1.82, 2.24) is 15.2 Å². The summed E-state index contributed by atoms with van der Waals surface area (Å²) in [7, 11) is -1.78. The third kappa shape index (κ3) is 10.1. The molecule has 0 spiro atoms. The summed E-state index contributed by atoms with van der Waals surface area (Å²) >= 11 is 2.62. The summed E-state index contributed by atoms with van der Waals surface area (Å²) in [6.07, 6.45) is 3.35. The fourth-order valence-electron chi connectivity index (χ4n) is 5.46. The van der Waals surface area contributed by atoms with Crippen LogP contribution < -0.4 is 15.2 Å². The predicted molar refractivity (Wildman–Crippen MR) is 201 cm³/mol. The van der Waals surface area contributed by atoms with Crippen LogP contribution in [-0.4, -0.2) is 77.5 Å². The highest BCUT2D eigenvalue weighted by Crippen LogP contribution is 2.42. The first-order valence-electron chi connectivity index (χ1n) is 16.2. The number of allylic oxidation sites excluding steroid dienone is 1. The Morgan fingerprint density at radius 2 is 1.71 bits per heavy atom. The van der Waals surface area contributed by atoms with Crippen molar-refractivity contribution in [1.29, 1.82) is 0 Å². The quantitative estimate of drug-likeness (QED) is 0.0276. The van der Waals surface area contributed by atoms with Gasteiger partial charge in [0.2, 0.25) is 22.5 Å². The Kier molecular flexibility index (Phi) is 13.6. The zero-order valence-corrected chi connectivity index (χ0v) is 31.7. The van der Waals surface area contributed by atoms with Crippen molar-refractivity contribution in [3.8, 4) is 0 Å². The maximum Gasteiger partial charge on any atom is 0.356 e. The molecule has 0 radical (unpaired) electrons. The highest BCUT2D eigenvalue weighted by Gasteiger charge is 2.54. The minimum Gasteiger partial charge on any atom is -0.726 e. The second-order valence-corrected chi connectivity index (χ2v) is 14.6. The number of rotatable bonds is 14. The van der Waals surface area contributed by atoms with Gasteiger partial charge in [-0.05, 0) is 22.8 Å². The number of aromatic nitrogens is 2. The molecule has 2 aliphatic heterocycles. The van der Waals surface area contributed by atoms with Crippen LogP contribution in [0.2, 0.25) is 0 Å². The fourth-order valence-corrected chi connectivity index (χ4v) is 7.48. The Hall–Kier alpha value is -5.73. The molecular formula is C36H34N6O10S3. The Balaban J connectivity index is 0.000000895. The van der Waals surface area contributed by atoms with Gasteiger partial charge in [-0.2, -0.15) is 0 Å². The third-order valence-corrected chi connectivity index (χ3v) is 10.5. The van der Waals surface area contributed by atoms with Gasteiger partial charge in [0, 0.05) is 23.3 Å². The number of nitrogens with zero attached hydrogens (tertiary/aromatic N) is 4. The number of oxime groups is 1. The predicted octanol–water partition coefficient (Wildman–Crippen LogP) is 2.89. The van der Waals surface area contributed by atoms with Gasteiger partial charge in [-0.3, -0.25) is 23.5 Å². The molecule has 19 heteroatoms. The molecule has 1 saturated heterocycles. The van der Waals surface area contributed by atoms with Crippen LogP contribution in [0, 0.1) is 0 Å². The molecule has 0 saturated carbocycles. The van der Waals surface area contributed by atoms with Gasteiger partial charge in [0.05, 0.1) is 7.11 Å². The topological polar surface area (TPSA) is 210 Å². The minimum atomic E-state index is -4.41. The molecule has 55 heavy (non-hydrogen) atoms. The van der Waals surface area contributed by atoms with E-state index >= 15 is 0 Å². The first-order valence-corrected chi connectivity index (χ1v) is 19.4. The lowest BCUT2D eigenvalue weighted by atomic mass is 10.0. The summed E-state index contributed by atoms with van der Waals surface area (Å²) in [4.78, 5) is 62.6. The molecule has 0 bridgehead atoms. The number of anilines is 1. The number of pyridine rings is 1. The number of amides is 3. The van der Waals surface area contributed by atoms with Gasteiger partial charge in [-0.25, -0.2) is 22.8 Å². The molecule has 4 aromatic rings. The molecule has 2 aromatic carbocycles. The van der Waals surface area contributed by atoms with E-state index in [9.17, 15) is 32.1 Å². The summed E-state index contributed by atoms with van der Waals surface area (Å²) in [5.41, 5.74) is 3.39. The lowest BCUT2D eigenvalue weighted by molar-refractivity contribution is -0.682. The van der Waals surface area contributed by atoms with Gasteiger partial charge in [-0.15, -0.1) is 23.1 Å². The fraction of sp³-hybridized carbons (Fsp3) is 0.194. The van der Waals surface area contributed by atoms with Gasteiger partial charge in [0.1, 0.15) is 36.1 Å². The number of β-lactam (4-membered cyclic amide) rings is 1. The average molecular weight is 807 g/mol. The number of thioether (sulfide) groups is 1. The van der Waals surface area contributed by atoms with Crippen molar-refractivity contribution in [3.63, 3.8) is 0 Å². The van der Waals surface area contributed by atoms with E-state index in [0.29, 0.717) is 34.3 Å². The molecule has 0 aliphatic carbocycles. The number of hydrogen-bond donors (Lipinski definition) is 2. The number of thiazole rings is 1. The molecule has 2 aliphatic rings. The van der Waals surface area contributed by atoms with Crippen LogP contribution in [0.25, 0.3) is 0 Å². The van der Waals surface area contributed by atoms with Crippen molar-refractivity contribution < 1.29 is 50.5 Å². The molecule has 1 fully saturated rings. The monoisotopic (exact) mass is 806 g/mol. The van der Waals surface area contributed by atoms with Crippen molar-refractivity contribution in [2.45, 2.75) is 23.6 Å². The number of carbonyl (C=O) groups is 4. The van der Waals surface area contributed by atoms with E-state index in [1.54, 1.807) is 11.5 Å². The molecule has 2 aromatic heterocycles. The lowest BCUT2D eigenvalue weighted by Crippen LogP contribution is -2.70. The maximum absolute atomic E-state index is 13.8. The second kappa shape index (κ2) is 18.5. The highest BCUT2D eigenvalue weighted by atomic mass is 32.3. The smallest absolute Gasteiger partial charge is 0.356 e. The Morgan fingerprint density at radius 1 is 1.07 bits per heavy atom. The zero-order valence-electron chi connectivity index (χ0n) is 29.2. The van der Waals surface area contributed by atoms with Crippen molar-refractivity contribution in [2.24, 2.45) is 12.2 Å². The second-order valence-electron chi connectivity index (χ2n) is 11.5. The molecule has 4 heterocycles. The third-order valence-electron chi connectivity index (χ3n) is 8.04. The molecule has 6 rings (SSSR count). The molecular weight excluding hydrogens is 773 g/mol. The molecule has 3 amide bonds. The summed E-state index contributed by atoms with van der Waals surface area (Å²) in [6, 6.07) is 23.3. The summed E-state index contributed by atoms with van der Waals surface area (Å²) < 4.78 is 38.9. The Bertz CT molecular complexity index is 2160. The first-order chi connectivity index (χ1) is 26.4. The number of hydrogen-bond acceptors (Lipinski definition) is 14. The van der Waals surface area contributed by atoms with E-state index in [1.165, 1.54) is 28.0 Å². The number of fused-ring (bicyclic) bond motifs is 1. The molecule has 3 atom stereocenters. The molecule has 16 nitrogen and oxygen atoms in total. The van der Waals surface area contributed by atoms with Gasteiger partial charge in [-0.1, -0.05) is 78.5 Å². The largest absolute Gasteiger partial charge is 0.726 e. The summed E-state index contributed by atoms with van der Waals surface area (Å²) in [5, 5.41) is 10.7. The maximum atomic E-state index is 13.8. The van der Waals surface area contributed by atoms with Crippen molar-refractivity contribution in [3.05, 3.63) is 137 Å². The van der Waals surface area contributed by atoms with Gasteiger partial charge in [0.15, 0.2) is 17.4 Å². The lowest BCUT2D eigenvalue weighted by Gasteiger charge is -2.49. The van der Waals surface area contributed by atoms with Crippen molar-refractivity contribution >= 4 is 69.0 Å². The van der Waals surface area contributed by atoms with Crippen LogP contribution >= 0.6 is 23.1 Å². The number of ether oxygens (including phenoxy) is 1. The number of esters is 1. The minimum absolute atomic E-state index is 0.105. The number of carbonyl (C=O) groups excluding carboxylic acids is 4. The first kappa shape index (κ1) is 40.5. The van der Waals surface area contributed by atoms with Crippen molar-refractivity contribution in [2.75, 3.05) is 18.2 Å². The van der Waals surface area contributed by atoms with Gasteiger partial charge >= 0.3 is 5.97 Å². The average Bonchev–Trinajstić information content (AvgIpc) is 3.66. The summed E-state index contributed by atoms with van der Waals surface area (Å²) in [5.74, 6) is -1.40. The summed E-state index contributed by atoms with van der Waals surface area (Å²) in [6.45, 7) is 3.85. The van der Waals surface area contributed by atoms with E-state index in [1.807, 2.05) is 96.7 Å². The van der Waals surface area contributed by atoms with Gasteiger partial charge in [0.25, 0.3) is 17.9 Å². The molecule has 2 unspecified atom stereocenters. The van der Waals surface area contributed by atoms with Crippen LogP contribution in [0.5, 0.6) is 0 Å². The molecule has 2 N–H and O–H groups in total. The van der Waals surface area contributed by atoms with Crippen LogP contribution in [0.1, 0.15) is 34.7 Å². The van der Waals surface area contributed by atoms with E-state index < -0.39 is 51.8 Å². The van der Waals surface area contributed by atoms with Crippen LogP contribution in [0.15, 0.2) is 120 Å². The SMILES string of the molecule is C=CC1=C(C(=O)OC(c2ccccc2)c2ccccc2)N2C(=O)C(NC(=O)C=NOC(c3csc(NC=O)n3)c3cccc[n+]3C)[C@@H]2SC1.COS(=O)(=O)[O-]. The number of benzene rings is 2. The number of aryl methyl sites for hydroxylation is 1. The van der Waals surface area contributed by atoms with E-state index in [4.69, 9.17) is 9.57 Å². The van der Waals surface area contributed by atoms with E-state index in [0.717, 1.165) is 24.5 Å². The van der Waals surface area contributed by atoms with Crippen LogP contribution in [0.4, 0.5) is 5.13 Å². The number of nitrogens with one attached hydrogen (secondary N) is 2. The van der Waals surface area contributed by atoms with Crippen LogP contribution in [-0.2, 0) is 50.4 Å². The zero-order chi connectivity index (χ0) is 39.5. The normalized spacial score (nSPS) is 16.9. The van der Waals surface area contributed by atoms with E-state index in [-0.39, 0.29) is 5.70 Å². The standard InChI is InChI=1S/C35H30N6O6S2.CH4O4S/c1-3-22-19-48-33-28(32(44)41(33)29(22)34(45)46-30(23-12-6-4-7-13-23)24-14-8-5-9-15-24)39-27(43)18-37-47-31(26-16-10-11-17-40(26)2)25-20-49-35(38-25)36-21-42;1-5-6(2,3)4/h3-18,20-21,28,30-31,33H,1,19H2,2H3,(H-,36,38,39,42,43);1H3,(H,2,3,4)/t28?,31?,33-;/m0./s1. The van der Waals surface area contributed by atoms with Crippen LogP contribution in [0.3, 0.4) is 0 Å². The Morgan fingerprint density at radius 3 is 2.29 bits per heavy atom. The Labute approximate surface area is 324 Å². The highest BCUT2D eigenvalue weighted by molar-refractivity contribution is 8.00.